The number of nitrogens with one attached hydrogen (secondary N) is 1. The summed E-state index contributed by atoms with van der Waals surface area (Å²) in [5.41, 5.74) is 5.14. The van der Waals surface area contributed by atoms with Crippen LogP contribution in [0.15, 0.2) is 39.6 Å². The van der Waals surface area contributed by atoms with Gasteiger partial charge in [0, 0.05) is 15.8 Å². The maximum absolute atomic E-state index is 4.31. The maximum Gasteiger partial charge on any atom is 0.203 e. The Morgan fingerprint density at radius 3 is 3.00 bits per heavy atom. The van der Waals surface area contributed by atoms with Crippen molar-refractivity contribution in [1.82, 2.24) is 4.98 Å². The summed E-state index contributed by atoms with van der Waals surface area (Å²) in [5.74, 6) is 1.15. The fourth-order valence-electron chi connectivity index (χ4n) is 1.61. The van der Waals surface area contributed by atoms with Crippen LogP contribution in [0.3, 0.4) is 0 Å². The van der Waals surface area contributed by atoms with Gasteiger partial charge in [-0.25, -0.2) is 4.98 Å². The molecule has 0 aliphatic rings. The fraction of sp³-hybridized carbons (Fsp3) is 0.333. The zero-order valence-corrected chi connectivity index (χ0v) is 13.4. The normalized spacial score (nSPS) is 11.1. The van der Waals surface area contributed by atoms with Gasteiger partial charge in [-0.15, -0.1) is 23.1 Å². The number of aryl methyl sites for hydroxylation is 1. The predicted octanol–water partition coefficient (Wildman–Crippen LogP) is 4.79. The smallest absolute Gasteiger partial charge is 0.203 e. The highest BCUT2D eigenvalue weighted by Gasteiger charge is 2.00. The number of hydrogen-bond acceptors (Lipinski definition) is 5. The van der Waals surface area contributed by atoms with Gasteiger partial charge in [-0.2, -0.15) is 5.10 Å². The number of thioether (sulfide) groups is 1. The monoisotopic (exact) mass is 305 g/mol. The number of rotatable bonds is 7. The molecule has 2 rings (SSSR count). The zero-order valence-electron chi connectivity index (χ0n) is 11.8. The van der Waals surface area contributed by atoms with Crippen LogP contribution in [0.25, 0.3) is 0 Å². The Morgan fingerprint density at radius 1 is 1.40 bits per heavy atom. The molecule has 2 aromatic rings. The Hall–Kier alpha value is -1.33. The fourth-order valence-corrected chi connectivity index (χ4v) is 3.36. The van der Waals surface area contributed by atoms with Crippen LogP contribution >= 0.6 is 23.1 Å². The quantitative estimate of drug-likeness (QED) is 0.346. The summed E-state index contributed by atoms with van der Waals surface area (Å²) in [5, 5.41) is 7.11. The summed E-state index contributed by atoms with van der Waals surface area (Å²) < 4.78 is 0. The first-order chi connectivity index (χ1) is 9.79. The summed E-state index contributed by atoms with van der Waals surface area (Å²) in [6.45, 7) is 4.19. The van der Waals surface area contributed by atoms with E-state index in [0.717, 1.165) is 22.1 Å². The van der Waals surface area contributed by atoms with E-state index in [2.05, 4.69) is 40.6 Å². The van der Waals surface area contributed by atoms with Gasteiger partial charge < -0.3 is 0 Å². The molecular weight excluding hydrogens is 286 g/mol. The lowest BCUT2D eigenvalue weighted by Gasteiger charge is -2.04. The van der Waals surface area contributed by atoms with Crippen molar-refractivity contribution >= 4 is 34.4 Å². The first-order valence-electron chi connectivity index (χ1n) is 6.72. The molecule has 0 bridgehead atoms. The number of thiazole rings is 1. The third kappa shape index (κ3) is 4.65. The molecule has 0 saturated heterocycles. The Bertz CT molecular complexity index is 564. The van der Waals surface area contributed by atoms with E-state index >= 15 is 0 Å². The summed E-state index contributed by atoms with van der Waals surface area (Å²) in [6.07, 6.45) is 4.34. The molecule has 5 heteroatoms. The molecule has 0 atom stereocenters. The molecule has 106 valence electrons. The molecule has 1 heterocycles. The topological polar surface area (TPSA) is 37.3 Å². The number of anilines is 1. The van der Waals surface area contributed by atoms with Crippen LogP contribution in [0.2, 0.25) is 0 Å². The van der Waals surface area contributed by atoms with Crippen LogP contribution in [0.1, 0.15) is 31.0 Å². The van der Waals surface area contributed by atoms with E-state index < -0.39 is 0 Å². The maximum atomic E-state index is 4.31. The first kappa shape index (κ1) is 15.1. The molecular formula is C15H19N3S2. The van der Waals surface area contributed by atoms with E-state index in [9.17, 15) is 0 Å². The minimum absolute atomic E-state index is 0.829. The molecule has 0 spiro atoms. The van der Waals surface area contributed by atoms with Crippen molar-refractivity contribution in [3.05, 3.63) is 40.9 Å². The van der Waals surface area contributed by atoms with Crippen molar-refractivity contribution in [1.29, 1.82) is 0 Å². The van der Waals surface area contributed by atoms with Crippen LogP contribution in [0.5, 0.6) is 0 Å². The molecule has 0 aliphatic carbocycles. The molecule has 0 aliphatic heterocycles. The zero-order chi connectivity index (χ0) is 14.2. The largest absolute Gasteiger partial charge is 0.253 e. The lowest BCUT2D eigenvalue weighted by molar-refractivity contribution is 0.896. The third-order valence-corrected chi connectivity index (χ3v) is 4.70. The van der Waals surface area contributed by atoms with E-state index in [1.54, 1.807) is 11.3 Å². The van der Waals surface area contributed by atoms with Gasteiger partial charge in [0.2, 0.25) is 5.13 Å². The van der Waals surface area contributed by atoms with Gasteiger partial charge in [0.05, 0.1) is 11.9 Å². The number of benzene rings is 1. The highest BCUT2D eigenvalue weighted by Crippen LogP contribution is 2.22. The first-order valence-corrected chi connectivity index (χ1v) is 8.59. The van der Waals surface area contributed by atoms with Gasteiger partial charge in [-0.05, 0) is 25.2 Å². The van der Waals surface area contributed by atoms with Crippen LogP contribution < -0.4 is 5.43 Å². The van der Waals surface area contributed by atoms with Crippen molar-refractivity contribution in [2.24, 2.45) is 5.10 Å². The van der Waals surface area contributed by atoms with Gasteiger partial charge in [-0.1, -0.05) is 31.5 Å². The lowest BCUT2D eigenvalue weighted by Crippen LogP contribution is -1.92. The number of hydrazone groups is 1. The summed E-state index contributed by atoms with van der Waals surface area (Å²) in [4.78, 5) is 5.59. The van der Waals surface area contributed by atoms with E-state index in [0.29, 0.717) is 0 Å². The second-order valence-electron chi connectivity index (χ2n) is 4.40. The Labute approximate surface area is 128 Å². The second kappa shape index (κ2) is 8.07. The van der Waals surface area contributed by atoms with Gasteiger partial charge in [-0.3, -0.25) is 5.43 Å². The Morgan fingerprint density at radius 2 is 2.25 bits per heavy atom. The molecule has 1 aromatic carbocycles. The summed E-state index contributed by atoms with van der Waals surface area (Å²) in [7, 11) is 0. The molecule has 0 radical (unpaired) electrons. The van der Waals surface area contributed by atoms with E-state index in [4.69, 9.17) is 0 Å². The lowest BCUT2D eigenvalue weighted by atomic mass is 10.2. The van der Waals surface area contributed by atoms with E-state index in [1.165, 1.54) is 17.7 Å². The van der Waals surface area contributed by atoms with Crippen molar-refractivity contribution in [3.63, 3.8) is 0 Å². The van der Waals surface area contributed by atoms with Crippen molar-refractivity contribution in [2.45, 2.75) is 31.6 Å². The van der Waals surface area contributed by atoms with Crippen molar-refractivity contribution in [2.75, 3.05) is 11.2 Å². The molecule has 0 saturated carbocycles. The van der Waals surface area contributed by atoms with Crippen LogP contribution in [-0.4, -0.2) is 17.0 Å². The summed E-state index contributed by atoms with van der Waals surface area (Å²) >= 11 is 3.45. The number of unbranched alkanes of at least 4 members (excludes halogenated alkanes) is 1. The van der Waals surface area contributed by atoms with E-state index in [-0.39, 0.29) is 0 Å². The van der Waals surface area contributed by atoms with E-state index in [1.807, 2.05) is 36.3 Å². The number of aromatic nitrogens is 1. The van der Waals surface area contributed by atoms with Gasteiger partial charge in [0.15, 0.2) is 0 Å². The number of nitrogens with zero attached hydrogens (tertiary/aromatic N) is 2. The summed E-state index contributed by atoms with van der Waals surface area (Å²) in [6, 6.07) is 8.35. The Kier molecular flexibility index (Phi) is 6.08. The molecule has 3 nitrogen and oxygen atoms in total. The molecule has 0 amide bonds. The average molecular weight is 305 g/mol. The minimum atomic E-state index is 0.829. The van der Waals surface area contributed by atoms with Gasteiger partial charge in [0.1, 0.15) is 0 Å². The standard InChI is InChI=1S/C15H19N3S2/c1-3-4-9-19-14-8-6-5-7-13(14)10-16-18-15-17-12(2)11-20-15/h5-8,10-11H,3-4,9H2,1-2H3,(H,17,18). The predicted molar refractivity (Wildman–Crippen MR) is 90.1 cm³/mol. The Balaban J connectivity index is 1.97. The molecule has 1 N–H and O–H groups in total. The van der Waals surface area contributed by atoms with Crippen LogP contribution in [0, 0.1) is 6.92 Å². The average Bonchev–Trinajstić information content (AvgIpc) is 2.86. The molecule has 0 fully saturated rings. The molecule has 1 aromatic heterocycles. The van der Waals surface area contributed by atoms with Gasteiger partial charge >= 0.3 is 0 Å². The van der Waals surface area contributed by atoms with Crippen molar-refractivity contribution < 1.29 is 0 Å². The highest BCUT2D eigenvalue weighted by molar-refractivity contribution is 7.99. The van der Waals surface area contributed by atoms with Crippen LogP contribution in [-0.2, 0) is 0 Å². The SMILES string of the molecule is CCCCSc1ccccc1C=NNc1nc(C)cs1. The van der Waals surface area contributed by atoms with Crippen molar-refractivity contribution in [3.8, 4) is 0 Å². The van der Waals surface area contributed by atoms with Crippen LogP contribution in [0.4, 0.5) is 5.13 Å². The second-order valence-corrected chi connectivity index (χ2v) is 6.40. The molecule has 20 heavy (non-hydrogen) atoms. The number of hydrogen-bond donors (Lipinski definition) is 1. The minimum Gasteiger partial charge on any atom is -0.253 e. The van der Waals surface area contributed by atoms with Gasteiger partial charge in [0.25, 0.3) is 0 Å². The highest BCUT2D eigenvalue weighted by atomic mass is 32.2. The third-order valence-electron chi connectivity index (χ3n) is 2.66. The molecule has 0 unspecified atom stereocenters.